The highest BCUT2D eigenvalue weighted by Gasteiger charge is 2.35. The molecule has 1 aliphatic carbocycles. The highest BCUT2D eigenvalue weighted by Crippen LogP contribution is 2.32. The molecule has 0 radical (unpaired) electrons. The van der Waals surface area contributed by atoms with E-state index in [0.717, 1.165) is 25.7 Å². The van der Waals surface area contributed by atoms with Crippen LogP contribution in [0.3, 0.4) is 0 Å². The zero-order valence-electron chi connectivity index (χ0n) is 11.5. The van der Waals surface area contributed by atoms with Crippen molar-refractivity contribution in [1.82, 2.24) is 5.32 Å². The molecule has 1 aromatic carbocycles. The van der Waals surface area contributed by atoms with Crippen LogP contribution >= 0.6 is 15.9 Å². The average molecular weight is 344 g/mol. The fourth-order valence-corrected chi connectivity index (χ4v) is 2.98. The van der Waals surface area contributed by atoms with Crippen molar-refractivity contribution in [2.75, 3.05) is 6.61 Å². The standard InChI is InChI=1S/C15H19BrFNO2/c1-10-4-6-15(9-19,7-5-10)18-14(20)12-8-11(16)2-3-13(12)17/h2-3,8,10,19H,4-7,9H2,1H3,(H,18,20). The Labute approximate surface area is 126 Å². The van der Waals surface area contributed by atoms with Gasteiger partial charge in [0.15, 0.2) is 0 Å². The number of benzene rings is 1. The van der Waals surface area contributed by atoms with E-state index in [1.807, 2.05) is 0 Å². The van der Waals surface area contributed by atoms with E-state index in [-0.39, 0.29) is 12.2 Å². The number of aliphatic hydroxyl groups excluding tert-OH is 1. The van der Waals surface area contributed by atoms with Gasteiger partial charge in [-0.1, -0.05) is 22.9 Å². The van der Waals surface area contributed by atoms with Crippen molar-refractivity contribution < 1.29 is 14.3 Å². The van der Waals surface area contributed by atoms with Gasteiger partial charge in [0.2, 0.25) is 0 Å². The minimum Gasteiger partial charge on any atom is -0.394 e. The van der Waals surface area contributed by atoms with Crippen LogP contribution in [0.5, 0.6) is 0 Å². The van der Waals surface area contributed by atoms with Gasteiger partial charge >= 0.3 is 0 Å². The first kappa shape index (κ1) is 15.4. The van der Waals surface area contributed by atoms with Gasteiger partial charge in [0, 0.05) is 4.47 Å². The van der Waals surface area contributed by atoms with Crippen LogP contribution < -0.4 is 5.32 Å². The van der Waals surface area contributed by atoms with Gasteiger partial charge in [-0.25, -0.2) is 4.39 Å². The van der Waals surface area contributed by atoms with Crippen molar-refractivity contribution in [3.63, 3.8) is 0 Å². The first-order valence-electron chi connectivity index (χ1n) is 6.84. The third kappa shape index (κ3) is 3.38. The van der Waals surface area contributed by atoms with Crippen LogP contribution in [-0.2, 0) is 0 Å². The molecule has 1 saturated carbocycles. The van der Waals surface area contributed by atoms with Gasteiger partial charge in [-0.15, -0.1) is 0 Å². The molecule has 2 rings (SSSR count). The number of hydrogen-bond acceptors (Lipinski definition) is 2. The quantitative estimate of drug-likeness (QED) is 0.884. The molecule has 20 heavy (non-hydrogen) atoms. The second kappa shape index (κ2) is 6.22. The van der Waals surface area contributed by atoms with E-state index >= 15 is 0 Å². The molecule has 1 aliphatic rings. The highest BCUT2D eigenvalue weighted by molar-refractivity contribution is 9.10. The number of halogens is 2. The molecule has 0 heterocycles. The van der Waals surface area contributed by atoms with Crippen LogP contribution in [0.2, 0.25) is 0 Å². The maximum atomic E-state index is 13.7. The minimum absolute atomic E-state index is 0.00539. The Hall–Kier alpha value is -0.940. The lowest BCUT2D eigenvalue weighted by Gasteiger charge is -2.38. The smallest absolute Gasteiger partial charge is 0.254 e. The van der Waals surface area contributed by atoms with Crippen LogP contribution in [0.15, 0.2) is 22.7 Å². The van der Waals surface area contributed by atoms with E-state index < -0.39 is 17.3 Å². The first-order valence-corrected chi connectivity index (χ1v) is 7.63. The molecule has 0 saturated heterocycles. The summed E-state index contributed by atoms with van der Waals surface area (Å²) in [6, 6.07) is 4.27. The van der Waals surface area contributed by atoms with Crippen molar-refractivity contribution in [3.8, 4) is 0 Å². The van der Waals surface area contributed by atoms with Gasteiger partial charge in [0.25, 0.3) is 5.91 Å². The van der Waals surface area contributed by atoms with Crippen molar-refractivity contribution in [2.45, 2.75) is 38.1 Å². The molecule has 0 unspecified atom stereocenters. The second-order valence-corrected chi connectivity index (χ2v) is 6.61. The first-order chi connectivity index (χ1) is 9.46. The summed E-state index contributed by atoms with van der Waals surface area (Å²) >= 11 is 3.23. The average Bonchev–Trinajstić information content (AvgIpc) is 2.44. The molecule has 3 nitrogen and oxygen atoms in total. The van der Waals surface area contributed by atoms with Gasteiger partial charge < -0.3 is 10.4 Å². The van der Waals surface area contributed by atoms with Crippen molar-refractivity contribution in [1.29, 1.82) is 0 Å². The largest absolute Gasteiger partial charge is 0.394 e. The number of aliphatic hydroxyl groups is 1. The number of carbonyl (C=O) groups excluding carboxylic acids is 1. The Bertz CT molecular complexity index is 499. The molecule has 1 aromatic rings. The van der Waals surface area contributed by atoms with Crippen LogP contribution in [0.1, 0.15) is 43.0 Å². The number of amides is 1. The molecule has 5 heteroatoms. The van der Waals surface area contributed by atoms with Gasteiger partial charge in [-0.2, -0.15) is 0 Å². The normalized spacial score (nSPS) is 26.3. The van der Waals surface area contributed by atoms with Gasteiger partial charge in [0.1, 0.15) is 5.82 Å². The van der Waals surface area contributed by atoms with Crippen molar-refractivity contribution >= 4 is 21.8 Å². The summed E-state index contributed by atoms with van der Waals surface area (Å²) < 4.78 is 14.4. The van der Waals surface area contributed by atoms with Gasteiger partial charge in [-0.05, 0) is 49.8 Å². The monoisotopic (exact) mass is 343 g/mol. The Balaban J connectivity index is 2.15. The maximum Gasteiger partial charge on any atom is 0.254 e. The molecule has 110 valence electrons. The summed E-state index contributed by atoms with van der Waals surface area (Å²) in [5.41, 5.74) is -0.607. The Kier molecular flexibility index (Phi) is 4.81. The summed E-state index contributed by atoms with van der Waals surface area (Å²) in [4.78, 5) is 12.2. The SMILES string of the molecule is CC1CCC(CO)(NC(=O)c2cc(Br)ccc2F)CC1. The Morgan fingerprint density at radius 1 is 1.50 bits per heavy atom. The van der Waals surface area contributed by atoms with E-state index in [9.17, 15) is 14.3 Å². The lowest BCUT2D eigenvalue weighted by Crippen LogP contribution is -2.53. The van der Waals surface area contributed by atoms with Crippen molar-refractivity contribution in [3.05, 3.63) is 34.1 Å². The molecule has 0 bridgehead atoms. The topological polar surface area (TPSA) is 49.3 Å². The zero-order valence-corrected chi connectivity index (χ0v) is 13.0. The van der Waals surface area contributed by atoms with E-state index in [0.29, 0.717) is 10.4 Å². The van der Waals surface area contributed by atoms with Crippen LogP contribution in [0, 0.1) is 11.7 Å². The molecular weight excluding hydrogens is 325 g/mol. The number of nitrogens with one attached hydrogen (secondary N) is 1. The number of rotatable bonds is 3. The Morgan fingerprint density at radius 3 is 2.75 bits per heavy atom. The predicted molar refractivity (Wildman–Crippen MR) is 79.0 cm³/mol. The molecule has 0 spiro atoms. The summed E-state index contributed by atoms with van der Waals surface area (Å²) in [5.74, 6) is -0.412. The molecule has 1 amide bonds. The summed E-state index contributed by atoms with van der Waals surface area (Å²) in [6.45, 7) is 2.05. The van der Waals surface area contributed by atoms with E-state index in [1.165, 1.54) is 12.1 Å². The number of carbonyl (C=O) groups is 1. The van der Waals surface area contributed by atoms with E-state index in [1.54, 1.807) is 6.07 Å². The molecule has 2 N–H and O–H groups in total. The number of hydrogen-bond donors (Lipinski definition) is 2. The highest BCUT2D eigenvalue weighted by atomic mass is 79.9. The van der Waals surface area contributed by atoms with Gasteiger partial charge in [-0.3, -0.25) is 4.79 Å². The summed E-state index contributed by atoms with van der Waals surface area (Å²) in [5, 5.41) is 12.5. The Morgan fingerprint density at radius 2 is 2.15 bits per heavy atom. The third-order valence-corrected chi connectivity index (χ3v) is 4.58. The fraction of sp³-hybridized carbons (Fsp3) is 0.533. The molecule has 1 fully saturated rings. The van der Waals surface area contributed by atoms with Crippen LogP contribution in [0.25, 0.3) is 0 Å². The predicted octanol–water partition coefficient (Wildman–Crippen LogP) is 3.26. The maximum absolute atomic E-state index is 13.7. The fourth-order valence-electron chi connectivity index (χ4n) is 2.62. The minimum atomic E-state index is -0.613. The molecule has 0 atom stereocenters. The molecule has 0 aromatic heterocycles. The summed E-state index contributed by atoms with van der Waals surface area (Å²) in [6.07, 6.45) is 3.38. The van der Waals surface area contributed by atoms with Crippen LogP contribution in [-0.4, -0.2) is 23.2 Å². The van der Waals surface area contributed by atoms with E-state index in [2.05, 4.69) is 28.2 Å². The van der Waals surface area contributed by atoms with Crippen molar-refractivity contribution in [2.24, 2.45) is 5.92 Å². The lowest BCUT2D eigenvalue weighted by molar-refractivity contribution is 0.0713. The summed E-state index contributed by atoms with van der Waals surface area (Å²) in [7, 11) is 0. The second-order valence-electron chi connectivity index (χ2n) is 5.70. The third-order valence-electron chi connectivity index (χ3n) is 4.09. The molecule has 0 aliphatic heterocycles. The molecular formula is C15H19BrFNO2. The van der Waals surface area contributed by atoms with Gasteiger partial charge in [0.05, 0.1) is 17.7 Å². The van der Waals surface area contributed by atoms with E-state index in [4.69, 9.17) is 0 Å². The lowest BCUT2D eigenvalue weighted by atomic mass is 9.77. The zero-order chi connectivity index (χ0) is 14.8. The van der Waals surface area contributed by atoms with Crippen LogP contribution in [0.4, 0.5) is 4.39 Å².